The Bertz CT molecular complexity index is 633. The lowest BCUT2D eigenvalue weighted by molar-refractivity contribution is 0.0972. The molecular weight excluding hydrogens is 253 g/mol. The van der Waals surface area contributed by atoms with Crippen LogP contribution in [0.15, 0.2) is 30.5 Å². The number of fused-ring (bicyclic) bond motifs is 1. The maximum atomic E-state index is 13.5. The van der Waals surface area contributed by atoms with E-state index in [1.807, 2.05) is 16.8 Å². The number of carbonyl (C=O) groups is 1. The highest BCUT2D eigenvalue weighted by molar-refractivity contribution is 6.30. The van der Waals surface area contributed by atoms with Crippen LogP contribution in [0, 0.1) is 5.82 Å². The van der Waals surface area contributed by atoms with E-state index >= 15 is 0 Å². The molecule has 0 fully saturated rings. The van der Waals surface area contributed by atoms with Gasteiger partial charge in [-0.1, -0.05) is 11.6 Å². The largest absolute Gasteiger partial charge is 0.320 e. The van der Waals surface area contributed by atoms with E-state index in [1.165, 1.54) is 12.1 Å². The third-order valence-corrected chi connectivity index (χ3v) is 3.60. The number of aromatic nitrogens is 1. The van der Waals surface area contributed by atoms with Crippen molar-refractivity contribution in [3.8, 4) is 5.69 Å². The molecule has 2 aromatic rings. The Morgan fingerprint density at radius 3 is 2.83 bits per heavy atom. The van der Waals surface area contributed by atoms with E-state index in [4.69, 9.17) is 11.6 Å². The maximum Gasteiger partial charge on any atom is 0.164 e. The Kier molecular flexibility index (Phi) is 2.71. The summed E-state index contributed by atoms with van der Waals surface area (Å²) in [5, 5.41) is 0.107. The van der Waals surface area contributed by atoms with Gasteiger partial charge in [0.1, 0.15) is 5.82 Å². The molecule has 2 nitrogen and oxygen atoms in total. The van der Waals surface area contributed by atoms with Crippen molar-refractivity contribution < 1.29 is 9.18 Å². The fourth-order valence-corrected chi connectivity index (χ4v) is 2.52. The second kappa shape index (κ2) is 4.25. The van der Waals surface area contributed by atoms with Gasteiger partial charge in [0.15, 0.2) is 5.78 Å². The summed E-state index contributed by atoms with van der Waals surface area (Å²) in [5.41, 5.74) is 2.43. The Hall–Kier alpha value is -1.61. The first-order valence-corrected chi connectivity index (χ1v) is 6.23. The number of nitrogens with zero attached hydrogens (tertiary/aromatic N) is 1. The Morgan fingerprint density at radius 1 is 1.22 bits per heavy atom. The third kappa shape index (κ3) is 1.75. The second-order valence-electron chi connectivity index (χ2n) is 4.42. The summed E-state index contributed by atoms with van der Waals surface area (Å²) in [6.45, 7) is 0. The van der Waals surface area contributed by atoms with E-state index in [0.717, 1.165) is 24.1 Å². The van der Waals surface area contributed by atoms with Crippen LogP contribution in [-0.4, -0.2) is 10.4 Å². The summed E-state index contributed by atoms with van der Waals surface area (Å²) in [6.07, 6.45) is 4.12. The van der Waals surface area contributed by atoms with Crippen molar-refractivity contribution in [1.29, 1.82) is 0 Å². The van der Waals surface area contributed by atoms with Crippen molar-refractivity contribution >= 4 is 17.4 Å². The second-order valence-corrected chi connectivity index (χ2v) is 4.83. The number of Topliss-reactive ketones (excluding diaryl/α,β-unsaturated/α-hetero) is 1. The van der Waals surface area contributed by atoms with Gasteiger partial charge in [-0.3, -0.25) is 4.79 Å². The number of hydrogen-bond donors (Lipinski definition) is 0. The van der Waals surface area contributed by atoms with Gasteiger partial charge in [0, 0.05) is 29.6 Å². The van der Waals surface area contributed by atoms with Crippen molar-refractivity contribution in [1.82, 2.24) is 4.57 Å². The number of ketones is 1. The van der Waals surface area contributed by atoms with Crippen LogP contribution in [0.3, 0.4) is 0 Å². The molecule has 0 amide bonds. The summed E-state index contributed by atoms with van der Waals surface area (Å²) in [6, 6.07) is 6.49. The van der Waals surface area contributed by atoms with Gasteiger partial charge in [0.05, 0.1) is 5.02 Å². The first-order valence-electron chi connectivity index (χ1n) is 5.85. The zero-order chi connectivity index (χ0) is 12.7. The Balaban J connectivity index is 2.12. The molecule has 0 atom stereocenters. The molecule has 0 radical (unpaired) electrons. The van der Waals surface area contributed by atoms with Crippen LogP contribution in [0.2, 0.25) is 5.02 Å². The molecule has 0 saturated carbocycles. The molecule has 1 heterocycles. The molecule has 0 spiro atoms. The first-order chi connectivity index (χ1) is 8.66. The van der Waals surface area contributed by atoms with Gasteiger partial charge in [-0.25, -0.2) is 4.39 Å². The SMILES string of the molecule is O=C1CCCc2c1ccn2-c1ccc(Cl)c(F)c1. The van der Waals surface area contributed by atoms with Gasteiger partial charge < -0.3 is 4.57 Å². The van der Waals surface area contributed by atoms with Crippen LogP contribution in [0.1, 0.15) is 28.9 Å². The van der Waals surface area contributed by atoms with Crippen LogP contribution in [-0.2, 0) is 6.42 Å². The van der Waals surface area contributed by atoms with Crippen LogP contribution < -0.4 is 0 Å². The molecular formula is C14H11ClFNO. The molecule has 3 rings (SSSR count). The Morgan fingerprint density at radius 2 is 2.06 bits per heavy atom. The fraction of sp³-hybridized carbons (Fsp3) is 0.214. The van der Waals surface area contributed by atoms with Crippen LogP contribution in [0.4, 0.5) is 4.39 Å². The molecule has 0 aliphatic heterocycles. The summed E-state index contributed by atoms with van der Waals surface area (Å²) < 4.78 is 15.3. The minimum atomic E-state index is -0.446. The zero-order valence-electron chi connectivity index (χ0n) is 9.62. The highest BCUT2D eigenvalue weighted by atomic mass is 35.5. The third-order valence-electron chi connectivity index (χ3n) is 3.29. The first kappa shape index (κ1) is 11.5. The molecule has 1 aromatic heterocycles. The lowest BCUT2D eigenvalue weighted by atomic mass is 9.97. The fourth-order valence-electron chi connectivity index (χ4n) is 2.40. The molecule has 4 heteroatoms. The van der Waals surface area contributed by atoms with Crippen LogP contribution in [0.5, 0.6) is 0 Å². The summed E-state index contributed by atoms with van der Waals surface area (Å²) in [7, 11) is 0. The molecule has 0 bridgehead atoms. The predicted octanol–water partition coefficient (Wildman–Crippen LogP) is 3.79. The highest BCUT2D eigenvalue weighted by Gasteiger charge is 2.21. The van der Waals surface area contributed by atoms with E-state index in [1.54, 1.807) is 6.07 Å². The number of halogens is 2. The number of hydrogen-bond acceptors (Lipinski definition) is 1. The van der Waals surface area contributed by atoms with Gasteiger partial charge in [-0.2, -0.15) is 0 Å². The molecule has 0 N–H and O–H groups in total. The molecule has 1 aromatic carbocycles. The summed E-state index contributed by atoms with van der Waals surface area (Å²) in [5.74, 6) is -0.275. The Labute approximate surface area is 109 Å². The highest BCUT2D eigenvalue weighted by Crippen LogP contribution is 2.26. The van der Waals surface area contributed by atoms with Crippen molar-refractivity contribution in [3.05, 3.63) is 52.6 Å². The number of rotatable bonds is 1. The normalized spacial score (nSPS) is 14.7. The van der Waals surface area contributed by atoms with Gasteiger partial charge in [-0.05, 0) is 37.1 Å². The van der Waals surface area contributed by atoms with E-state index < -0.39 is 5.82 Å². The van der Waals surface area contributed by atoms with Gasteiger partial charge >= 0.3 is 0 Å². The van der Waals surface area contributed by atoms with Crippen molar-refractivity contribution in [2.24, 2.45) is 0 Å². The monoisotopic (exact) mass is 263 g/mol. The molecule has 18 heavy (non-hydrogen) atoms. The average Bonchev–Trinajstić information content (AvgIpc) is 2.78. The van der Waals surface area contributed by atoms with Crippen molar-refractivity contribution in [2.45, 2.75) is 19.3 Å². The average molecular weight is 264 g/mol. The summed E-state index contributed by atoms with van der Waals surface area (Å²) in [4.78, 5) is 11.7. The van der Waals surface area contributed by atoms with Crippen molar-refractivity contribution in [2.75, 3.05) is 0 Å². The van der Waals surface area contributed by atoms with Crippen LogP contribution >= 0.6 is 11.6 Å². The molecule has 1 aliphatic carbocycles. The molecule has 0 unspecified atom stereocenters. The van der Waals surface area contributed by atoms with Crippen molar-refractivity contribution in [3.63, 3.8) is 0 Å². The van der Waals surface area contributed by atoms with Gasteiger partial charge in [-0.15, -0.1) is 0 Å². The molecule has 0 saturated heterocycles. The standard InChI is InChI=1S/C14H11ClFNO/c15-11-5-4-9(8-12(11)16)17-7-6-10-13(17)2-1-3-14(10)18/h4-8H,1-3H2. The lowest BCUT2D eigenvalue weighted by Crippen LogP contribution is -2.12. The minimum Gasteiger partial charge on any atom is -0.320 e. The van der Waals surface area contributed by atoms with E-state index in [9.17, 15) is 9.18 Å². The van der Waals surface area contributed by atoms with E-state index in [-0.39, 0.29) is 10.8 Å². The van der Waals surface area contributed by atoms with Gasteiger partial charge in [0.25, 0.3) is 0 Å². The predicted molar refractivity (Wildman–Crippen MR) is 68.0 cm³/mol. The smallest absolute Gasteiger partial charge is 0.164 e. The van der Waals surface area contributed by atoms with E-state index in [0.29, 0.717) is 12.1 Å². The topological polar surface area (TPSA) is 22.0 Å². The maximum absolute atomic E-state index is 13.5. The molecule has 92 valence electrons. The quantitative estimate of drug-likeness (QED) is 0.767. The van der Waals surface area contributed by atoms with E-state index in [2.05, 4.69) is 0 Å². The van der Waals surface area contributed by atoms with Crippen LogP contribution in [0.25, 0.3) is 5.69 Å². The van der Waals surface area contributed by atoms with Gasteiger partial charge in [0.2, 0.25) is 0 Å². The zero-order valence-corrected chi connectivity index (χ0v) is 10.4. The number of benzene rings is 1. The number of carbonyl (C=O) groups excluding carboxylic acids is 1. The summed E-state index contributed by atoms with van der Waals surface area (Å²) >= 11 is 5.67. The lowest BCUT2D eigenvalue weighted by Gasteiger charge is -2.15. The molecule has 1 aliphatic rings. The minimum absolute atomic E-state index is 0.107.